The van der Waals surface area contributed by atoms with Crippen LogP contribution >= 0.6 is 11.6 Å². The smallest absolute Gasteiger partial charge is 0.253 e. The van der Waals surface area contributed by atoms with Crippen molar-refractivity contribution in [3.05, 3.63) is 82.3 Å². The van der Waals surface area contributed by atoms with Gasteiger partial charge in [-0.05, 0) is 48.4 Å². The van der Waals surface area contributed by atoms with Crippen molar-refractivity contribution in [2.24, 2.45) is 0 Å². The van der Waals surface area contributed by atoms with Crippen molar-refractivity contribution in [3.63, 3.8) is 0 Å². The van der Waals surface area contributed by atoms with Crippen LogP contribution in [0.5, 0.6) is 0 Å². The van der Waals surface area contributed by atoms with Crippen LogP contribution in [-0.4, -0.2) is 28.3 Å². The van der Waals surface area contributed by atoms with Gasteiger partial charge in [0, 0.05) is 29.7 Å². The molecule has 0 radical (unpaired) electrons. The number of amides is 2. The number of hydrogen-bond acceptors (Lipinski definition) is 5. The van der Waals surface area contributed by atoms with Gasteiger partial charge < -0.3 is 15.5 Å². The maximum atomic E-state index is 12.7. The number of rotatable bonds is 5. The number of fused-ring (bicyclic) bond motifs is 1. The Morgan fingerprint density at radius 3 is 2.73 bits per heavy atom. The van der Waals surface area contributed by atoms with Gasteiger partial charge in [-0.3, -0.25) is 14.6 Å². The molecule has 0 atom stereocenters. The molecule has 0 unspecified atom stereocenters. The summed E-state index contributed by atoms with van der Waals surface area (Å²) in [6, 6.07) is 12.8. The van der Waals surface area contributed by atoms with Gasteiger partial charge in [-0.25, -0.2) is 4.98 Å². The van der Waals surface area contributed by atoms with E-state index in [0.29, 0.717) is 35.2 Å². The molecule has 2 aromatic heterocycles. The van der Waals surface area contributed by atoms with Crippen LogP contribution in [0.1, 0.15) is 27.2 Å². The van der Waals surface area contributed by atoms with E-state index in [9.17, 15) is 9.59 Å². The van der Waals surface area contributed by atoms with Crippen LogP contribution in [0, 0.1) is 6.92 Å². The Balaban J connectivity index is 1.54. The molecule has 1 aliphatic heterocycles. The van der Waals surface area contributed by atoms with Crippen molar-refractivity contribution < 1.29 is 9.59 Å². The van der Waals surface area contributed by atoms with Crippen molar-refractivity contribution in [2.45, 2.75) is 20.0 Å². The summed E-state index contributed by atoms with van der Waals surface area (Å²) in [6.07, 6.45) is 3.22. The predicted octanol–water partition coefficient (Wildman–Crippen LogP) is 3.33. The summed E-state index contributed by atoms with van der Waals surface area (Å²) in [4.78, 5) is 35.4. The number of aromatic nitrogens is 2. The SMILES string of the molecule is Cc1cc(CNC(=O)c2cnc3c(c2)N(Cc2ccc(Cl)cc2)C(=O)CN3)ccn1. The molecule has 0 saturated heterocycles. The van der Waals surface area contributed by atoms with E-state index in [1.165, 1.54) is 6.20 Å². The molecule has 8 heteroatoms. The van der Waals surface area contributed by atoms with E-state index in [0.717, 1.165) is 16.8 Å². The van der Waals surface area contributed by atoms with E-state index in [-0.39, 0.29) is 18.4 Å². The summed E-state index contributed by atoms with van der Waals surface area (Å²) in [6.45, 7) is 2.80. The van der Waals surface area contributed by atoms with Crippen LogP contribution in [0.15, 0.2) is 54.9 Å². The number of hydrogen-bond donors (Lipinski definition) is 2. The Bertz CT molecular complexity index is 1100. The molecule has 4 rings (SSSR count). The summed E-state index contributed by atoms with van der Waals surface area (Å²) in [5, 5.41) is 6.53. The molecule has 1 aliphatic rings. The Morgan fingerprint density at radius 2 is 1.97 bits per heavy atom. The zero-order valence-electron chi connectivity index (χ0n) is 16.4. The van der Waals surface area contributed by atoms with Crippen molar-refractivity contribution in [3.8, 4) is 0 Å². The molecule has 2 N–H and O–H groups in total. The first kappa shape index (κ1) is 19.8. The first-order chi connectivity index (χ1) is 14.5. The summed E-state index contributed by atoms with van der Waals surface area (Å²) >= 11 is 5.95. The average molecular weight is 422 g/mol. The lowest BCUT2D eigenvalue weighted by molar-refractivity contribution is -0.117. The molecule has 0 saturated carbocycles. The molecule has 3 aromatic rings. The second-order valence-electron chi connectivity index (χ2n) is 7.04. The number of aryl methyl sites for hydroxylation is 1. The molecule has 0 fully saturated rings. The van der Waals surface area contributed by atoms with Gasteiger partial charge in [0.1, 0.15) is 0 Å². The molecule has 152 valence electrons. The minimum absolute atomic E-state index is 0.0935. The van der Waals surface area contributed by atoms with Crippen molar-refractivity contribution in [1.82, 2.24) is 15.3 Å². The first-order valence-electron chi connectivity index (χ1n) is 9.48. The predicted molar refractivity (Wildman–Crippen MR) is 116 cm³/mol. The molecule has 0 aliphatic carbocycles. The number of anilines is 2. The van der Waals surface area contributed by atoms with E-state index >= 15 is 0 Å². The molecule has 0 spiro atoms. The largest absolute Gasteiger partial charge is 0.359 e. The van der Waals surface area contributed by atoms with E-state index in [1.54, 1.807) is 29.3 Å². The van der Waals surface area contributed by atoms with E-state index in [1.807, 2.05) is 31.2 Å². The lowest BCUT2D eigenvalue weighted by Gasteiger charge is -2.29. The van der Waals surface area contributed by atoms with Crippen LogP contribution in [-0.2, 0) is 17.9 Å². The third kappa shape index (κ3) is 4.41. The number of nitrogens with zero attached hydrogens (tertiary/aromatic N) is 3. The van der Waals surface area contributed by atoms with E-state index in [4.69, 9.17) is 11.6 Å². The zero-order chi connectivity index (χ0) is 21.1. The van der Waals surface area contributed by atoms with Crippen LogP contribution in [0.25, 0.3) is 0 Å². The number of carbonyl (C=O) groups is 2. The standard InChI is InChI=1S/C22H20ClN5O2/c1-14-8-16(6-7-24-14)10-27-22(30)17-9-19-21(25-11-17)26-12-20(29)28(19)13-15-2-4-18(23)5-3-15/h2-9,11H,10,12-13H2,1H3,(H,25,26)(H,27,30). The molecular weight excluding hydrogens is 402 g/mol. The monoisotopic (exact) mass is 421 g/mol. The highest BCUT2D eigenvalue weighted by atomic mass is 35.5. The van der Waals surface area contributed by atoms with Gasteiger partial charge in [0.2, 0.25) is 5.91 Å². The van der Waals surface area contributed by atoms with Gasteiger partial charge in [-0.2, -0.15) is 0 Å². The van der Waals surface area contributed by atoms with Crippen molar-refractivity contribution in [2.75, 3.05) is 16.8 Å². The van der Waals surface area contributed by atoms with Crippen molar-refractivity contribution in [1.29, 1.82) is 0 Å². The minimum atomic E-state index is -0.260. The van der Waals surface area contributed by atoms with Gasteiger partial charge in [-0.1, -0.05) is 23.7 Å². The normalized spacial score (nSPS) is 12.9. The molecule has 1 aromatic carbocycles. The zero-order valence-corrected chi connectivity index (χ0v) is 17.1. The molecule has 2 amide bonds. The van der Waals surface area contributed by atoms with Gasteiger partial charge >= 0.3 is 0 Å². The third-order valence-electron chi connectivity index (χ3n) is 4.80. The number of nitrogens with one attached hydrogen (secondary N) is 2. The Hall–Kier alpha value is -3.45. The second-order valence-corrected chi connectivity index (χ2v) is 7.48. The van der Waals surface area contributed by atoms with E-state index < -0.39 is 0 Å². The lowest BCUT2D eigenvalue weighted by Crippen LogP contribution is -2.40. The molecule has 3 heterocycles. The van der Waals surface area contributed by atoms with Crippen LogP contribution in [0.4, 0.5) is 11.5 Å². The fourth-order valence-electron chi connectivity index (χ4n) is 3.25. The molecule has 0 bridgehead atoms. The highest BCUT2D eigenvalue weighted by molar-refractivity contribution is 6.30. The highest BCUT2D eigenvalue weighted by Gasteiger charge is 2.26. The molecule has 30 heavy (non-hydrogen) atoms. The van der Waals surface area contributed by atoms with Crippen LogP contribution in [0.2, 0.25) is 5.02 Å². The maximum Gasteiger partial charge on any atom is 0.253 e. The lowest BCUT2D eigenvalue weighted by atomic mass is 10.1. The quantitative estimate of drug-likeness (QED) is 0.659. The summed E-state index contributed by atoms with van der Waals surface area (Å²) in [7, 11) is 0. The molecular formula is C22H20ClN5O2. The van der Waals surface area contributed by atoms with Crippen LogP contribution < -0.4 is 15.5 Å². The Morgan fingerprint density at radius 1 is 1.17 bits per heavy atom. The van der Waals surface area contributed by atoms with E-state index in [2.05, 4.69) is 20.6 Å². The molecule has 7 nitrogen and oxygen atoms in total. The topological polar surface area (TPSA) is 87.2 Å². The number of benzene rings is 1. The highest BCUT2D eigenvalue weighted by Crippen LogP contribution is 2.30. The van der Waals surface area contributed by atoms with Crippen molar-refractivity contribution >= 4 is 34.9 Å². The van der Waals surface area contributed by atoms with Gasteiger partial charge in [0.15, 0.2) is 5.82 Å². The number of halogens is 1. The number of pyridine rings is 2. The second kappa shape index (κ2) is 8.51. The van der Waals surface area contributed by atoms with Gasteiger partial charge in [0.05, 0.1) is 24.3 Å². The number of carbonyl (C=O) groups excluding carboxylic acids is 2. The minimum Gasteiger partial charge on any atom is -0.359 e. The van der Waals surface area contributed by atoms with Gasteiger partial charge in [0.25, 0.3) is 5.91 Å². The Labute approximate surface area is 179 Å². The average Bonchev–Trinajstić information content (AvgIpc) is 2.75. The maximum absolute atomic E-state index is 12.7. The summed E-state index contributed by atoms with van der Waals surface area (Å²) in [5.74, 6) is 0.221. The third-order valence-corrected chi connectivity index (χ3v) is 5.05. The Kier molecular flexibility index (Phi) is 5.63. The first-order valence-corrected chi connectivity index (χ1v) is 9.86. The summed E-state index contributed by atoms with van der Waals surface area (Å²) in [5.41, 5.74) is 3.75. The summed E-state index contributed by atoms with van der Waals surface area (Å²) < 4.78 is 0. The van der Waals surface area contributed by atoms with Crippen LogP contribution in [0.3, 0.4) is 0 Å². The fourth-order valence-corrected chi connectivity index (χ4v) is 3.38. The fraction of sp³-hybridized carbons (Fsp3) is 0.182. The van der Waals surface area contributed by atoms with Gasteiger partial charge in [-0.15, -0.1) is 0 Å².